The molecule has 0 atom stereocenters. The number of benzene rings is 1. The van der Waals surface area contributed by atoms with Crippen LogP contribution in [0.4, 0.5) is 8.78 Å². The van der Waals surface area contributed by atoms with Crippen LogP contribution in [-0.2, 0) is 6.42 Å². The highest BCUT2D eigenvalue weighted by Crippen LogP contribution is 2.19. The second-order valence-electron chi connectivity index (χ2n) is 3.78. The Morgan fingerprint density at radius 1 is 1.17 bits per heavy atom. The van der Waals surface area contributed by atoms with Gasteiger partial charge in [-0.2, -0.15) is 0 Å². The van der Waals surface area contributed by atoms with Gasteiger partial charge in [-0.05, 0) is 47.2 Å². The quantitative estimate of drug-likeness (QED) is 0.583. The lowest BCUT2D eigenvalue weighted by atomic mass is 10.1. The van der Waals surface area contributed by atoms with E-state index in [1.807, 2.05) is 6.92 Å². The monoisotopic (exact) mass is 380 g/mol. The smallest absolute Gasteiger partial charge is 0.146 e. The van der Waals surface area contributed by atoms with Gasteiger partial charge in [-0.25, -0.2) is 18.7 Å². The van der Waals surface area contributed by atoms with Crippen LogP contribution in [0.5, 0.6) is 0 Å². The van der Waals surface area contributed by atoms with Gasteiger partial charge in [0.25, 0.3) is 0 Å². The molecule has 6 heteroatoms. The molecule has 0 bridgehead atoms. The average Bonchev–Trinajstić information content (AvgIpc) is 2.24. The minimum absolute atomic E-state index is 0.242. The first-order valence-corrected chi connectivity index (χ1v) is 6.55. The van der Waals surface area contributed by atoms with E-state index in [1.54, 1.807) is 0 Å². The van der Waals surface area contributed by atoms with E-state index in [9.17, 15) is 8.78 Å². The Morgan fingerprint density at radius 3 is 2.33 bits per heavy atom. The topological polar surface area (TPSA) is 25.8 Å². The molecule has 1 aromatic carbocycles. The summed E-state index contributed by atoms with van der Waals surface area (Å²) < 4.78 is 26.9. The molecule has 18 heavy (non-hydrogen) atoms. The molecular formula is C12H8ClF2IN2. The predicted octanol–water partition coefficient (Wildman–Crippen LogP) is 3.91. The molecule has 0 unspecified atom stereocenters. The van der Waals surface area contributed by atoms with Gasteiger partial charge in [0, 0.05) is 12.5 Å². The third-order valence-corrected chi connectivity index (χ3v) is 4.19. The van der Waals surface area contributed by atoms with Gasteiger partial charge in [0.2, 0.25) is 0 Å². The highest BCUT2D eigenvalue weighted by molar-refractivity contribution is 14.1. The van der Waals surface area contributed by atoms with Crippen LogP contribution in [0.3, 0.4) is 0 Å². The van der Waals surface area contributed by atoms with E-state index in [0.717, 1.165) is 15.3 Å². The van der Waals surface area contributed by atoms with Crippen LogP contribution in [-0.4, -0.2) is 9.97 Å². The molecular weight excluding hydrogens is 372 g/mol. The number of rotatable bonds is 2. The van der Waals surface area contributed by atoms with Crippen LogP contribution in [0.25, 0.3) is 0 Å². The normalized spacial score (nSPS) is 10.7. The second-order valence-corrected chi connectivity index (χ2v) is 5.22. The van der Waals surface area contributed by atoms with Crippen molar-refractivity contribution in [3.8, 4) is 0 Å². The van der Waals surface area contributed by atoms with E-state index in [0.29, 0.717) is 16.5 Å². The van der Waals surface area contributed by atoms with Crippen molar-refractivity contribution in [1.29, 1.82) is 0 Å². The molecule has 0 N–H and O–H groups in total. The van der Waals surface area contributed by atoms with Crippen LogP contribution in [0.2, 0.25) is 5.15 Å². The van der Waals surface area contributed by atoms with E-state index < -0.39 is 11.6 Å². The molecule has 0 aliphatic rings. The largest absolute Gasteiger partial charge is 0.237 e. The van der Waals surface area contributed by atoms with E-state index in [1.165, 1.54) is 12.1 Å². The standard InChI is InChI=1S/C12H8ClF2IN2/c1-6-11(16)12(13)18-10(17-6)4-7-2-8(14)5-9(15)3-7/h2-3,5H,4H2,1H3. The summed E-state index contributed by atoms with van der Waals surface area (Å²) in [5, 5.41) is 0.356. The van der Waals surface area contributed by atoms with Gasteiger partial charge in [-0.1, -0.05) is 11.6 Å². The van der Waals surface area contributed by atoms with Crippen molar-refractivity contribution in [1.82, 2.24) is 9.97 Å². The molecule has 0 aliphatic heterocycles. The summed E-state index contributed by atoms with van der Waals surface area (Å²) in [6.45, 7) is 1.81. The molecule has 2 nitrogen and oxygen atoms in total. The van der Waals surface area contributed by atoms with Crippen molar-refractivity contribution in [2.45, 2.75) is 13.3 Å². The third kappa shape index (κ3) is 3.14. The number of hydrogen-bond donors (Lipinski definition) is 0. The molecule has 2 aromatic rings. The molecule has 0 saturated carbocycles. The molecule has 0 radical (unpaired) electrons. The van der Waals surface area contributed by atoms with Crippen molar-refractivity contribution in [2.75, 3.05) is 0 Å². The Bertz CT molecular complexity index is 561. The highest BCUT2D eigenvalue weighted by Gasteiger charge is 2.09. The first-order valence-electron chi connectivity index (χ1n) is 5.09. The fourth-order valence-electron chi connectivity index (χ4n) is 1.55. The molecule has 0 amide bonds. The van der Waals surface area contributed by atoms with Crippen LogP contribution in [0.1, 0.15) is 17.1 Å². The highest BCUT2D eigenvalue weighted by atomic mass is 127. The van der Waals surface area contributed by atoms with Crippen molar-refractivity contribution >= 4 is 34.2 Å². The second kappa shape index (κ2) is 5.44. The van der Waals surface area contributed by atoms with Crippen molar-refractivity contribution in [3.63, 3.8) is 0 Å². The first kappa shape index (κ1) is 13.6. The maximum Gasteiger partial charge on any atom is 0.146 e. The zero-order valence-corrected chi connectivity index (χ0v) is 12.3. The Hall–Kier alpha value is -0.820. The van der Waals surface area contributed by atoms with Gasteiger partial charge >= 0.3 is 0 Å². The fraction of sp³-hybridized carbons (Fsp3) is 0.167. The summed E-state index contributed by atoms with van der Waals surface area (Å²) in [5.41, 5.74) is 1.23. The Kier molecular flexibility index (Phi) is 4.11. The van der Waals surface area contributed by atoms with Crippen LogP contribution >= 0.6 is 34.2 Å². The first-order chi connectivity index (χ1) is 8.45. The Labute approximate surface area is 122 Å². The van der Waals surface area contributed by atoms with Gasteiger partial charge in [0.05, 0.1) is 9.26 Å². The summed E-state index contributed by atoms with van der Waals surface area (Å²) >= 11 is 7.99. The van der Waals surface area contributed by atoms with E-state index in [4.69, 9.17) is 11.6 Å². The maximum absolute atomic E-state index is 13.0. The van der Waals surface area contributed by atoms with Crippen LogP contribution < -0.4 is 0 Å². The van der Waals surface area contributed by atoms with Crippen LogP contribution in [0.15, 0.2) is 18.2 Å². The third-order valence-electron chi connectivity index (χ3n) is 2.31. The summed E-state index contributed by atoms with van der Waals surface area (Å²) in [4.78, 5) is 8.33. The maximum atomic E-state index is 13.0. The van der Waals surface area contributed by atoms with E-state index in [-0.39, 0.29) is 6.42 Å². The molecule has 0 saturated heterocycles. The fourth-order valence-corrected chi connectivity index (χ4v) is 2.03. The Balaban J connectivity index is 2.34. The number of hydrogen-bond acceptors (Lipinski definition) is 2. The van der Waals surface area contributed by atoms with E-state index in [2.05, 4.69) is 32.6 Å². The molecule has 0 aliphatic carbocycles. The molecule has 2 rings (SSSR count). The zero-order valence-electron chi connectivity index (χ0n) is 9.35. The summed E-state index contributed by atoms with van der Waals surface area (Å²) in [5.74, 6) is -0.778. The van der Waals surface area contributed by atoms with Gasteiger partial charge in [0.1, 0.15) is 22.6 Å². The van der Waals surface area contributed by atoms with Crippen molar-refractivity contribution < 1.29 is 8.78 Å². The SMILES string of the molecule is Cc1nc(Cc2cc(F)cc(F)c2)nc(Cl)c1I. The molecule has 94 valence electrons. The van der Waals surface area contributed by atoms with Gasteiger partial charge in [-0.15, -0.1) is 0 Å². The van der Waals surface area contributed by atoms with E-state index >= 15 is 0 Å². The minimum Gasteiger partial charge on any atom is -0.237 e. The molecule has 1 aromatic heterocycles. The van der Waals surface area contributed by atoms with Crippen molar-refractivity contribution in [2.24, 2.45) is 0 Å². The number of aryl methyl sites for hydroxylation is 1. The molecule has 0 spiro atoms. The minimum atomic E-state index is -0.613. The molecule has 1 heterocycles. The number of nitrogens with zero attached hydrogens (tertiary/aromatic N) is 2. The zero-order chi connectivity index (χ0) is 13.3. The average molecular weight is 381 g/mol. The summed E-state index contributed by atoms with van der Waals surface area (Å²) in [6.07, 6.45) is 0.242. The summed E-state index contributed by atoms with van der Waals surface area (Å²) in [7, 11) is 0. The lowest BCUT2D eigenvalue weighted by molar-refractivity contribution is 0.580. The van der Waals surface area contributed by atoms with Gasteiger partial charge in [0.15, 0.2) is 0 Å². The van der Waals surface area contributed by atoms with Gasteiger partial charge < -0.3 is 0 Å². The van der Waals surface area contributed by atoms with Crippen molar-refractivity contribution in [3.05, 3.63) is 55.6 Å². The number of aromatic nitrogens is 2. The predicted molar refractivity (Wildman–Crippen MR) is 73.7 cm³/mol. The lowest BCUT2D eigenvalue weighted by Crippen LogP contribution is -2.02. The number of halogens is 4. The lowest BCUT2D eigenvalue weighted by Gasteiger charge is -2.05. The molecule has 0 fully saturated rings. The summed E-state index contributed by atoms with van der Waals surface area (Å²) in [6, 6.07) is 3.35. The Morgan fingerprint density at radius 2 is 1.78 bits per heavy atom. The van der Waals surface area contributed by atoms with Crippen LogP contribution in [0, 0.1) is 22.1 Å². The van der Waals surface area contributed by atoms with Gasteiger partial charge in [-0.3, -0.25) is 0 Å².